The molecule has 0 aliphatic heterocycles. The minimum absolute atomic E-state index is 0.00185. The molecule has 6 heteroatoms. The molecule has 0 atom stereocenters. The zero-order valence-electron chi connectivity index (χ0n) is 14.9. The molecule has 0 radical (unpaired) electrons. The summed E-state index contributed by atoms with van der Waals surface area (Å²) in [4.78, 5) is 18.3. The van der Waals surface area contributed by atoms with E-state index in [-0.39, 0.29) is 5.69 Å². The molecule has 3 aromatic rings. The topological polar surface area (TPSA) is 83.3 Å². The van der Waals surface area contributed by atoms with Crippen LogP contribution in [0.15, 0.2) is 42.6 Å². The molecule has 0 spiro atoms. The summed E-state index contributed by atoms with van der Waals surface area (Å²) in [6.45, 7) is 11.4. The summed E-state index contributed by atoms with van der Waals surface area (Å²) in [6.07, 6.45) is 1.54. The third-order valence-electron chi connectivity index (χ3n) is 4.56. The van der Waals surface area contributed by atoms with Crippen molar-refractivity contribution in [3.8, 4) is 17.2 Å². The third kappa shape index (κ3) is 3.29. The molecule has 0 unspecified atom stereocenters. The van der Waals surface area contributed by atoms with Gasteiger partial charge in [-0.25, -0.2) is 14.6 Å². The molecule has 0 aliphatic carbocycles. The van der Waals surface area contributed by atoms with E-state index in [4.69, 9.17) is 11.7 Å². The Hall–Kier alpha value is -3.90. The van der Waals surface area contributed by atoms with E-state index in [1.54, 1.807) is 24.4 Å². The van der Waals surface area contributed by atoms with E-state index < -0.39 is 5.97 Å². The highest BCUT2D eigenvalue weighted by Gasteiger charge is 2.19. The number of carbonyl (C=O) groups is 1. The van der Waals surface area contributed by atoms with Crippen LogP contribution in [0.25, 0.3) is 16.0 Å². The van der Waals surface area contributed by atoms with Gasteiger partial charge >= 0.3 is 5.97 Å². The number of rotatable bonds is 4. The first-order valence-corrected chi connectivity index (χ1v) is 8.22. The van der Waals surface area contributed by atoms with Crippen LogP contribution in [-0.4, -0.2) is 20.6 Å². The number of aromatic nitrogens is 2. The van der Waals surface area contributed by atoms with Crippen LogP contribution in [0.1, 0.15) is 33.0 Å². The van der Waals surface area contributed by atoms with E-state index in [1.807, 2.05) is 30.5 Å². The average molecular weight is 356 g/mol. The number of carboxylic acid groups (broad SMARTS) is 1. The summed E-state index contributed by atoms with van der Waals surface area (Å²) in [7, 11) is 0. The lowest BCUT2D eigenvalue weighted by molar-refractivity contribution is 0.0690. The van der Waals surface area contributed by atoms with Crippen LogP contribution in [0.3, 0.4) is 0 Å². The maximum absolute atomic E-state index is 10.9. The number of pyridine rings is 1. The summed E-state index contributed by atoms with van der Waals surface area (Å²) in [5, 5.41) is 18.6. The molecule has 6 nitrogen and oxygen atoms in total. The monoisotopic (exact) mass is 356 g/mol. The molecule has 0 saturated carbocycles. The molecule has 1 N–H and O–H groups in total. The normalized spacial score (nSPS) is 10.2. The van der Waals surface area contributed by atoms with Crippen molar-refractivity contribution in [1.82, 2.24) is 9.55 Å². The Morgan fingerprint density at radius 2 is 1.93 bits per heavy atom. The number of nitriles is 1. The van der Waals surface area contributed by atoms with Crippen molar-refractivity contribution >= 4 is 11.7 Å². The van der Waals surface area contributed by atoms with E-state index >= 15 is 0 Å². The molecule has 0 amide bonds. The molecule has 2 aromatic heterocycles. The third-order valence-corrected chi connectivity index (χ3v) is 4.56. The largest absolute Gasteiger partial charge is 0.477 e. The smallest absolute Gasteiger partial charge is 0.354 e. The number of nitrogens with zero attached hydrogens (tertiary/aromatic N) is 4. The van der Waals surface area contributed by atoms with Gasteiger partial charge in [-0.15, -0.1) is 0 Å². The van der Waals surface area contributed by atoms with Crippen molar-refractivity contribution in [3.63, 3.8) is 0 Å². The van der Waals surface area contributed by atoms with Gasteiger partial charge in [0.2, 0.25) is 0 Å². The fourth-order valence-corrected chi connectivity index (χ4v) is 3.14. The van der Waals surface area contributed by atoms with Crippen molar-refractivity contribution in [2.45, 2.75) is 20.4 Å². The van der Waals surface area contributed by atoms with Gasteiger partial charge in [-0.05, 0) is 31.0 Å². The van der Waals surface area contributed by atoms with Gasteiger partial charge < -0.3 is 9.67 Å². The van der Waals surface area contributed by atoms with Gasteiger partial charge in [0.05, 0.1) is 12.1 Å². The molecule has 0 fully saturated rings. The Kier molecular flexibility index (Phi) is 4.74. The summed E-state index contributed by atoms with van der Waals surface area (Å²) in [5.41, 5.74) is 5.50. The van der Waals surface area contributed by atoms with E-state index in [2.05, 4.69) is 15.9 Å². The van der Waals surface area contributed by atoms with Gasteiger partial charge in [0.15, 0.2) is 5.69 Å². The van der Waals surface area contributed by atoms with E-state index in [0.717, 1.165) is 28.1 Å². The molecule has 0 saturated heterocycles. The van der Waals surface area contributed by atoms with Gasteiger partial charge in [0.1, 0.15) is 11.8 Å². The lowest BCUT2D eigenvalue weighted by Crippen LogP contribution is -2.06. The van der Waals surface area contributed by atoms with E-state index in [0.29, 0.717) is 17.8 Å². The fourth-order valence-electron chi connectivity index (χ4n) is 3.14. The van der Waals surface area contributed by atoms with Crippen LogP contribution in [0.2, 0.25) is 0 Å². The SMILES string of the molecule is [C-]#[N+]c1ccc(-c2c(C#N)c(C)n(Cc3ccc(C(=O)O)nc3)c2C)cc1. The molecular formula is C21H16N4O2. The van der Waals surface area contributed by atoms with Crippen molar-refractivity contribution in [2.75, 3.05) is 0 Å². The fraction of sp³-hybridized carbons (Fsp3) is 0.143. The van der Waals surface area contributed by atoms with Crippen LogP contribution in [0.5, 0.6) is 0 Å². The molecule has 3 rings (SSSR count). The first-order chi connectivity index (χ1) is 13.0. The lowest BCUT2D eigenvalue weighted by atomic mass is 10.0. The van der Waals surface area contributed by atoms with Crippen LogP contribution >= 0.6 is 0 Å². The number of carboxylic acids is 1. The van der Waals surface area contributed by atoms with Crippen molar-refractivity contribution in [1.29, 1.82) is 5.26 Å². The Balaban J connectivity index is 2.04. The van der Waals surface area contributed by atoms with Gasteiger partial charge in [-0.2, -0.15) is 5.26 Å². The first kappa shape index (κ1) is 17.9. The minimum Gasteiger partial charge on any atom is -0.477 e. The van der Waals surface area contributed by atoms with E-state index in [1.165, 1.54) is 6.07 Å². The van der Waals surface area contributed by atoms with Gasteiger partial charge in [-0.1, -0.05) is 30.3 Å². The van der Waals surface area contributed by atoms with Gasteiger partial charge in [-0.3, -0.25) is 0 Å². The molecule has 0 aliphatic rings. The van der Waals surface area contributed by atoms with Crippen LogP contribution < -0.4 is 0 Å². The molecule has 0 bridgehead atoms. The van der Waals surface area contributed by atoms with Crippen molar-refractivity contribution in [3.05, 3.63) is 82.2 Å². The predicted molar refractivity (Wildman–Crippen MR) is 101 cm³/mol. The lowest BCUT2D eigenvalue weighted by Gasteiger charge is -2.10. The summed E-state index contributed by atoms with van der Waals surface area (Å²) in [5.74, 6) is -1.06. The quantitative estimate of drug-likeness (QED) is 0.705. The van der Waals surface area contributed by atoms with Crippen molar-refractivity contribution in [2.24, 2.45) is 0 Å². The second-order valence-corrected chi connectivity index (χ2v) is 6.13. The summed E-state index contributed by atoms with van der Waals surface area (Å²) >= 11 is 0. The highest BCUT2D eigenvalue weighted by Crippen LogP contribution is 2.33. The highest BCUT2D eigenvalue weighted by atomic mass is 16.4. The Labute approximate surface area is 156 Å². The standard InChI is InChI=1S/C21H16N4O2/c1-13-18(10-22)20(16-5-7-17(23-3)8-6-16)14(2)25(13)12-15-4-9-19(21(26)27)24-11-15/h4-9,11H,12H2,1-2H3,(H,26,27). The minimum atomic E-state index is -1.06. The van der Waals surface area contributed by atoms with E-state index in [9.17, 15) is 10.1 Å². The Morgan fingerprint density at radius 3 is 2.44 bits per heavy atom. The summed E-state index contributed by atoms with van der Waals surface area (Å²) in [6, 6.07) is 12.7. The second-order valence-electron chi connectivity index (χ2n) is 6.13. The van der Waals surface area contributed by atoms with Crippen LogP contribution in [0.4, 0.5) is 5.69 Å². The maximum Gasteiger partial charge on any atom is 0.354 e. The highest BCUT2D eigenvalue weighted by molar-refractivity contribution is 5.85. The van der Waals surface area contributed by atoms with Crippen molar-refractivity contribution < 1.29 is 9.90 Å². The molecule has 132 valence electrons. The Morgan fingerprint density at radius 1 is 1.22 bits per heavy atom. The van der Waals surface area contributed by atoms with Crippen LogP contribution in [0, 0.1) is 31.8 Å². The Bertz CT molecular complexity index is 1100. The summed E-state index contributed by atoms with van der Waals surface area (Å²) < 4.78 is 2.02. The molecule has 27 heavy (non-hydrogen) atoms. The zero-order valence-corrected chi connectivity index (χ0v) is 14.9. The second kappa shape index (κ2) is 7.15. The maximum atomic E-state index is 10.9. The van der Waals surface area contributed by atoms with Crippen LogP contribution in [-0.2, 0) is 6.54 Å². The average Bonchev–Trinajstić information content (AvgIpc) is 2.92. The molecule has 1 aromatic carbocycles. The number of hydrogen-bond donors (Lipinski definition) is 1. The molecular weight excluding hydrogens is 340 g/mol. The number of hydrogen-bond acceptors (Lipinski definition) is 3. The van der Waals surface area contributed by atoms with Gasteiger partial charge in [0.25, 0.3) is 0 Å². The van der Waals surface area contributed by atoms with Gasteiger partial charge in [0, 0.05) is 29.7 Å². The first-order valence-electron chi connectivity index (χ1n) is 8.22. The zero-order chi connectivity index (χ0) is 19.6. The number of aromatic carboxylic acids is 1. The predicted octanol–water partition coefficient (Wildman–Crippen LogP) is 4.34. The molecule has 2 heterocycles. The number of benzene rings is 1.